The summed E-state index contributed by atoms with van der Waals surface area (Å²) in [4.78, 5) is 24.1. The molecule has 0 aliphatic carbocycles. The molecule has 0 bridgehead atoms. The number of ether oxygens (including phenoxy) is 1. The molecule has 1 atom stereocenters. The zero-order valence-corrected chi connectivity index (χ0v) is 17.0. The lowest BCUT2D eigenvalue weighted by molar-refractivity contribution is -0.120. The molecule has 0 radical (unpaired) electrons. The Labute approximate surface area is 170 Å². The fourth-order valence-corrected chi connectivity index (χ4v) is 4.95. The van der Waals surface area contributed by atoms with E-state index in [2.05, 4.69) is 10.1 Å². The molecule has 1 amide bonds. The van der Waals surface area contributed by atoms with E-state index in [4.69, 9.17) is 0 Å². The van der Waals surface area contributed by atoms with E-state index in [-0.39, 0.29) is 18.2 Å². The van der Waals surface area contributed by atoms with Gasteiger partial charge in [-0.1, -0.05) is 30.3 Å². The summed E-state index contributed by atoms with van der Waals surface area (Å²) in [6.45, 7) is 0.591. The number of carbonyl (C=O) groups is 2. The van der Waals surface area contributed by atoms with Crippen LogP contribution in [0.1, 0.15) is 28.8 Å². The van der Waals surface area contributed by atoms with Crippen molar-refractivity contribution in [2.75, 3.05) is 25.5 Å². The summed E-state index contributed by atoms with van der Waals surface area (Å²) in [6.07, 6.45) is 1.26. The SMILES string of the molecule is COC(=O)c1ccc(NC(=O)[C@@H]2CCCN(S(=O)(=O)Cc3ccccc3)C2)cc1. The molecular weight excluding hydrogens is 392 g/mol. The molecule has 1 saturated heterocycles. The molecule has 0 unspecified atom stereocenters. The number of methoxy groups -OCH3 is 1. The van der Waals surface area contributed by atoms with Gasteiger partial charge < -0.3 is 10.1 Å². The number of amides is 1. The van der Waals surface area contributed by atoms with E-state index in [9.17, 15) is 18.0 Å². The predicted octanol–water partition coefficient (Wildman–Crippen LogP) is 2.65. The number of rotatable bonds is 6. The normalized spacial score (nSPS) is 17.5. The smallest absolute Gasteiger partial charge is 0.337 e. The summed E-state index contributed by atoms with van der Waals surface area (Å²) in [7, 11) is -2.19. The maximum absolute atomic E-state index is 12.8. The van der Waals surface area contributed by atoms with Crippen molar-refractivity contribution in [1.82, 2.24) is 4.31 Å². The van der Waals surface area contributed by atoms with Gasteiger partial charge in [0.2, 0.25) is 15.9 Å². The minimum absolute atomic E-state index is 0.0723. The van der Waals surface area contributed by atoms with Crippen molar-refractivity contribution in [3.8, 4) is 0 Å². The van der Waals surface area contributed by atoms with E-state index in [0.717, 1.165) is 5.56 Å². The second-order valence-corrected chi connectivity index (χ2v) is 8.97. The van der Waals surface area contributed by atoms with E-state index >= 15 is 0 Å². The second-order valence-electron chi connectivity index (χ2n) is 7.00. The molecule has 154 valence electrons. The van der Waals surface area contributed by atoms with Crippen molar-refractivity contribution in [2.24, 2.45) is 5.92 Å². The van der Waals surface area contributed by atoms with Gasteiger partial charge in [0.1, 0.15) is 0 Å². The van der Waals surface area contributed by atoms with Crippen LogP contribution in [-0.4, -0.2) is 44.8 Å². The quantitative estimate of drug-likeness (QED) is 0.731. The Morgan fingerprint density at radius 1 is 1.10 bits per heavy atom. The van der Waals surface area contributed by atoms with Gasteiger partial charge in [0, 0.05) is 18.8 Å². The first-order chi connectivity index (χ1) is 13.9. The van der Waals surface area contributed by atoms with Crippen LogP contribution >= 0.6 is 0 Å². The van der Waals surface area contributed by atoms with Gasteiger partial charge in [-0.15, -0.1) is 0 Å². The molecule has 1 fully saturated rings. The summed E-state index contributed by atoms with van der Waals surface area (Å²) < 4.78 is 31.6. The highest BCUT2D eigenvalue weighted by molar-refractivity contribution is 7.88. The predicted molar refractivity (Wildman–Crippen MR) is 110 cm³/mol. The molecule has 2 aromatic rings. The van der Waals surface area contributed by atoms with Gasteiger partial charge in [0.15, 0.2) is 0 Å². The molecule has 1 aliphatic rings. The first-order valence-electron chi connectivity index (χ1n) is 9.40. The molecule has 1 aliphatic heterocycles. The lowest BCUT2D eigenvalue weighted by atomic mass is 9.98. The van der Waals surface area contributed by atoms with Crippen molar-refractivity contribution in [3.05, 3.63) is 65.7 Å². The Morgan fingerprint density at radius 2 is 1.79 bits per heavy atom. The Morgan fingerprint density at radius 3 is 2.45 bits per heavy atom. The maximum Gasteiger partial charge on any atom is 0.337 e. The van der Waals surface area contributed by atoms with Crippen LogP contribution in [0.5, 0.6) is 0 Å². The van der Waals surface area contributed by atoms with E-state index < -0.39 is 21.9 Å². The summed E-state index contributed by atoms with van der Waals surface area (Å²) in [6, 6.07) is 15.4. The molecule has 29 heavy (non-hydrogen) atoms. The minimum Gasteiger partial charge on any atom is -0.465 e. The maximum atomic E-state index is 12.8. The van der Waals surface area contributed by atoms with Gasteiger partial charge >= 0.3 is 5.97 Å². The Hall–Kier alpha value is -2.71. The molecular formula is C21H24N2O5S. The van der Waals surface area contributed by atoms with Gasteiger partial charge in [0.05, 0.1) is 24.3 Å². The van der Waals surface area contributed by atoms with Gasteiger partial charge in [-0.2, -0.15) is 0 Å². The van der Waals surface area contributed by atoms with Crippen LogP contribution in [0.4, 0.5) is 5.69 Å². The summed E-state index contributed by atoms with van der Waals surface area (Å²) in [5.41, 5.74) is 1.66. The number of nitrogens with one attached hydrogen (secondary N) is 1. The summed E-state index contributed by atoms with van der Waals surface area (Å²) >= 11 is 0. The number of nitrogens with zero attached hydrogens (tertiary/aromatic N) is 1. The van der Waals surface area contributed by atoms with Crippen LogP contribution in [-0.2, 0) is 25.3 Å². The average Bonchev–Trinajstić information content (AvgIpc) is 2.74. The number of hydrogen-bond acceptors (Lipinski definition) is 5. The van der Waals surface area contributed by atoms with Gasteiger partial charge in [-0.25, -0.2) is 17.5 Å². The Kier molecular flexibility index (Phi) is 6.66. The topological polar surface area (TPSA) is 92.8 Å². The van der Waals surface area contributed by atoms with Crippen LogP contribution < -0.4 is 5.32 Å². The van der Waals surface area contributed by atoms with Gasteiger partial charge in [-0.3, -0.25) is 4.79 Å². The molecule has 2 aromatic carbocycles. The number of carbonyl (C=O) groups excluding carboxylic acids is 2. The Bertz CT molecular complexity index is 958. The summed E-state index contributed by atoms with van der Waals surface area (Å²) in [5.74, 6) is -1.17. The third kappa shape index (κ3) is 5.42. The number of esters is 1. The van der Waals surface area contributed by atoms with Crippen LogP contribution in [0.3, 0.4) is 0 Å². The minimum atomic E-state index is -3.49. The number of sulfonamides is 1. The number of piperidine rings is 1. The lowest BCUT2D eigenvalue weighted by Crippen LogP contribution is -2.44. The average molecular weight is 416 g/mol. The van der Waals surface area contributed by atoms with Crippen LogP contribution in [0.25, 0.3) is 0 Å². The summed E-state index contributed by atoms with van der Waals surface area (Å²) in [5, 5.41) is 2.80. The molecule has 0 spiro atoms. The molecule has 8 heteroatoms. The van der Waals surface area contributed by atoms with E-state index in [1.807, 2.05) is 18.2 Å². The van der Waals surface area contributed by atoms with E-state index in [1.165, 1.54) is 11.4 Å². The van der Waals surface area contributed by atoms with E-state index in [0.29, 0.717) is 30.6 Å². The monoisotopic (exact) mass is 416 g/mol. The number of anilines is 1. The molecule has 1 heterocycles. The molecule has 0 aromatic heterocycles. The van der Waals surface area contributed by atoms with Crippen LogP contribution in [0, 0.1) is 5.92 Å². The second kappa shape index (κ2) is 9.19. The van der Waals surface area contributed by atoms with Crippen molar-refractivity contribution in [2.45, 2.75) is 18.6 Å². The molecule has 3 rings (SSSR count). The number of benzene rings is 2. The molecule has 7 nitrogen and oxygen atoms in total. The largest absolute Gasteiger partial charge is 0.465 e. The van der Waals surface area contributed by atoms with E-state index in [1.54, 1.807) is 36.4 Å². The van der Waals surface area contributed by atoms with Gasteiger partial charge in [-0.05, 0) is 42.7 Å². The Balaban J connectivity index is 1.62. The standard InChI is InChI=1S/C21H24N2O5S/c1-28-21(25)17-9-11-19(12-10-17)22-20(24)18-8-5-13-23(14-18)29(26,27)15-16-6-3-2-4-7-16/h2-4,6-7,9-12,18H,5,8,13-15H2,1H3,(H,22,24)/t18-/m1/s1. The highest BCUT2D eigenvalue weighted by Crippen LogP contribution is 2.23. The van der Waals surface area contributed by atoms with Crippen molar-refractivity contribution in [3.63, 3.8) is 0 Å². The molecule has 1 N–H and O–H groups in total. The van der Waals surface area contributed by atoms with Gasteiger partial charge in [0.25, 0.3) is 0 Å². The third-order valence-corrected chi connectivity index (χ3v) is 6.73. The number of hydrogen-bond donors (Lipinski definition) is 1. The highest BCUT2D eigenvalue weighted by Gasteiger charge is 2.32. The fourth-order valence-electron chi connectivity index (χ4n) is 3.34. The zero-order chi connectivity index (χ0) is 20.9. The third-order valence-electron chi connectivity index (χ3n) is 4.91. The van der Waals surface area contributed by atoms with Crippen LogP contribution in [0.2, 0.25) is 0 Å². The highest BCUT2D eigenvalue weighted by atomic mass is 32.2. The van der Waals surface area contributed by atoms with Crippen molar-refractivity contribution < 1.29 is 22.7 Å². The molecule has 0 saturated carbocycles. The zero-order valence-electron chi connectivity index (χ0n) is 16.2. The first kappa shape index (κ1) is 21.0. The lowest BCUT2D eigenvalue weighted by Gasteiger charge is -2.31. The van der Waals surface area contributed by atoms with Crippen molar-refractivity contribution in [1.29, 1.82) is 0 Å². The van der Waals surface area contributed by atoms with Crippen LogP contribution in [0.15, 0.2) is 54.6 Å². The first-order valence-corrected chi connectivity index (χ1v) is 11.0. The fraction of sp³-hybridized carbons (Fsp3) is 0.333. The van der Waals surface area contributed by atoms with Crippen molar-refractivity contribution >= 4 is 27.6 Å².